The molecule has 3 aromatic rings. The number of ether oxygens (including phenoxy) is 1. The lowest BCUT2D eigenvalue weighted by Crippen LogP contribution is -2.42. The zero-order valence-corrected chi connectivity index (χ0v) is 15.9. The van der Waals surface area contributed by atoms with Gasteiger partial charge >= 0.3 is 5.97 Å². The molecule has 0 saturated heterocycles. The van der Waals surface area contributed by atoms with Crippen molar-refractivity contribution in [3.63, 3.8) is 0 Å². The number of benzene rings is 3. The van der Waals surface area contributed by atoms with Crippen LogP contribution in [0, 0.1) is 10.1 Å². The first kappa shape index (κ1) is 20.4. The van der Waals surface area contributed by atoms with Crippen molar-refractivity contribution >= 4 is 22.4 Å². The highest BCUT2D eigenvalue weighted by molar-refractivity contribution is 5.92. The molecule has 0 aliphatic rings. The number of aliphatic hydroxyl groups excluding tert-OH is 1. The van der Waals surface area contributed by atoms with Crippen LogP contribution in [0.2, 0.25) is 0 Å². The maximum absolute atomic E-state index is 12.4. The molecule has 0 unspecified atom stereocenters. The van der Waals surface area contributed by atoms with Crippen LogP contribution in [0.15, 0.2) is 66.7 Å². The predicted molar refractivity (Wildman–Crippen MR) is 110 cm³/mol. The SMILES string of the molecule is COC(=O)[C@H](Cc1ccc2ccccc2c1[N+](=O)[O-])N[C@@H](CO)c1ccccc1. The van der Waals surface area contributed by atoms with Crippen molar-refractivity contribution in [1.82, 2.24) is 5.32 Å². The summed E-state index contributed by atoms with van der Waals surface area (Å²) >= 11 is 0. The molecule has 0 bridgehead atoms. The van der Waals surface area contributed by atoms with Gasteiger partial charge in [0, 0.05) is 12.0 Å². The summed E-state index contributed by atoms with van der Waals surface area (Å²) in [7, 11) is 1.27. The van der Waals surface area contributed by atoms with Crippen molar-refractivity contribution in [2.75, 3.05) is 13.7 Å². The minimum Gasteiger partial charge on any atom is -0.468 e. The van der Waals surface area contributed by atoms with Gasteiger partial charge in [-0.05, 0) is 17.0 Å². The van der Waals surface area contributed by atoms with E-state index in [1.54, 1.807) is 30.3 Å². The molecule has 0 radical (unpaired) electrons. The summed E-state index contributed by atoms with van der Waals surface area (Å²) < 4.78 is 4.90. The molecule has 150 valence electrons. The van der Waals surface area contributed by atoms with E-state index >= 15 is 0 Å². The fourth-order valence-electron chi connectivity index (χ4n) is 3.44. The highest BCUT2D eigenvalue weighted by Crippen LogP contribution is 2.30. The highest BCUT2D eigenvalue weighted by atomic mass is 16.6. The molecule has 2 atom stereocenters. The Balaban J connectivity index is 1.96. The number of nitro groups is 1. The average Bonchev–Trinajstić information content (AvgIpc) is 2.76. The number of aliphatic hydroxyl groups is 1. The highest BCUT2D eigenvalue weighted by Gasteiger charge is 2.28. The van der Waals surface area contributed by atoms with Gasteiger partial charge in [0.2, 0.25) is 0 Å². The minimum atomic E-state index is -0.864. The fraction of sp³-hybridized carbons (Fsp3) is 0.227. The van der Waals surface area contributed by atoms with Crippen LogP contribution in [0.1, 0.15) is 17.2 Å². The summed E-state index contributed by atoms with van der Waals surface area (Å²) in [6.07, 6.45) is 0.0527. The third-order valence-corrected chi connectivity index (χ3v) is 4.86. The Morgan fingerprint density at radius 2 is 1.79 bits per heavy atom. The maximum atomic E-state index is 12.4. The van der Waals surface area contributed by atoms with E-state index in [-0.39, 0.29) is 18.7 Å². The number of methoxy groups -OCH3 is 1. The lowest BCUT2D eigenvalue weighted by atomic mass is 9.97. The molecule has 0 aromatic heterocycles. The molecule has 0 saturated carbocycles. The van der Waals surface area contributed by atoms with Gasteiger partial charge in [0.25, 0.3) is 5.69 Å². The summed E-state index contributed by atoms with van der Waals surface area (Å²) in [5.41, 5.74) is 1.19. The van der Waals surface area contributed by atoms with E-state index in [4.69, 9.17) is 4.74 Å². The standard InChI is InChI=1S/C22H22N2O5/c1-29-22(26)19(23-20(14-25)16-8-3-2-4-9-16)13-17-12-11-15-7-5-6-10-18(15)21(17)24(27)28/h2-12,19-20,23,25H,13-14H2,1H3/t19-,20-/m0/s1. The molecule has 0 amide bonds. The number of esters is 1. The van der Waals surface area contributed by atoms with Crippen LogP contribution in [0.5, 0.6) is 0 Å². The van der Waals surface area contributed by atoms with Crippen LogP contribution in [0.4, 0.5) is 5.69 Å². The van der Waals surface area contributed by atoms with Gasteiger partial charge < -0.3 is 9.84 Å². The van der Waals surface area contributed by atoms with E-state index in [0.29, 0.717) is 10.9 Å². The second-order valence-electron chi connectivity index (χ2n) is 6.64. The van der Waals surface area contributed by atoms with Gasteiger partial charge in [-0.25, -0.2) is 0 Å². The zero-order valence-electron chi connectivity index (χ0n) is 15.9. The summed E-state index contributed by atoms with van der Waals surface area (Å²) in [6.45, 7) is -0.239. The molecule has 7 nitrogen and oxygen atoms in total. The van der Waals surface area contributed by atoms with E-state index in [9.17, 15) is 20.0 Å². The lowest BCUT2D eigenvalue weighted by molar-refractivity contribution is -0.383. The van der Waals surface area contributed by atoms with Crippen molar-refractivity contribution in [2.24, 2.45) is 0 Å². The number of rotatable bonds is 8. The Hall–Kier alpha value is -3.29. The molecule has 29 heavy (non-hydrogen) atoms. The van der Waals surface area contributed by atoms with Gasteiger partial charge in [-0.3, -0.25) is 20.2 Å². The summed E-state index contributed by atoms with van der Waals surface area (Å²) in [6, 6.07) is 18.3. The molecule has 0 spiro atoms. The molecule has 0 aliphatic heterocycles. The first-order valence-corrected chi connectivity index (χ1v) is 9.19. The normalized spacial score (nSPS) is 13.0. The Morgan fingerprint density at radius 3 is 2.45 bits per heavy atom. The van der Waals surface area contributed by atoms with E-state index in [2.05, 4.69) is 5.32 Å². The monoisotopic (exact) mass is 394 g/mol. The minimum absolute atomic E-state index is 0.0286. The van der Waals surface area contributed by atoms with Crippen LogP contribution in [-0.4, -0.2) is 35.8 Å². The van der Waals surface area contributed by atoms with Crippen molar-refractivity contribution in [3.8, 4) is 0 Å². The Labute approximate surface area is 168 Å². The first-order chi connectivity index (χ1) is 14.0. The summed E-state index contributed by atoms with van der Waals surface area (Å²) in [4.78, 5) is 23.8. The Kier molecular flexibility index (Phi) is 6.54. The predicted octanol–water partition coefficient (Wildman–Crippen LogP) is 3.16. The molecule has 3 rings (SSSR count). The maximum Gasteiger partial charge on any atom is 0.323 e. The zero-order chi connectivity index (χ0) is 20.8. The van der Waals surface area contributed by atoms with Crippen molar-refractivity contribution in [2.45, 2.75) is 18.5 Å². The number of carbonyl (C=O) groups excluding carboxylic acids is 1. The number of hydrogen-bond donors (Lipinski definition) is 2. The van der Waals surface area contributed by atoms with Gasteiger partial charge in [-0.1, -0.05) is 60.7 Å². The molecule has 3 aromatic carbocycles. The molecule has 2 N–H and O–H groups in total. The number of nitrogens with zero attached hydrogens (tertiary/aromatic N) is 1. The van der Waals surface area contributed by atoms with E-state index in [0.717, 1.165) is 10.9 Å². The van der Waals surface area contributed by atoms with Crippen LogP contribution in [0.25, 0.3) is 10.8 Å². The van der Waals surface area contributed by atoms with E-state index in [1.807, 2.05) is 36.4 Å². The third kappa shape index (κ3) is 4.59. The van der Waals surface area contributed by atoms with E-state index in [1.165, 1.54) is 7.11 Å². The lowest BCUT2D eigenvalue weighted by Gasteiger charge is -2.23. The third-order valence-electron chi connectivity index (χ3n) is 4.86. The Bertz CT molecular complexity index is 1010. The largest absolute Gasteiger partial charge is 0.468 e. The number of nitro benzene ring substituents is 1. The second kappa shape index (κ2) is 9.27. The smallest absolute Gasteiger partial charge is 0.323 e. The van der Waals surface area contributed by atoms with Crippen LogP contribution < -0.4 is 5.32 Å². The average molecular weight is 394 g/mol. The fourth-order valence-corrected chi connectivity index (χ4v) is 3.44. The van der Waals surface area contributed by atoms with Crippen LogP contribution in [-0.2, 0) is 16.0 Å². The van der Waals surface area contributed by atoms with Gasteiger partial charge in [-0.2, -0.15) is 0 Å². The van der Waals surface area contributed by atoms with Gasteiger partial charge in [0.1, 0.15) is 6.04 Å². The van der Waals surface area contributed by atoms with Crippen LogP contribution in [0.3, 0.4) is 0 Å². The Morgan fingerprint density at radius 1 is 1.10 bits per heavy atom. The summed E-state index contributed by atoms with van der Waals surface area (Å²) in [5, 5.41) is 25.9. The number of fused-ring (bicyclic) bond motifs is 1. The summed E-state index contributed by atoms with van der Waals surface area (Å²) in [5.74, 6) is -0.554. The number of nitrogens with one attached hydrogen (secondary N) is 1. The number of hydrogen-bond acceptors (Lipinski definition) is 6. The number of carbonyl (C=O) groups is 1. The van der Waals surface area contributed by atoms with Gasteiger partial charge in [0.15, 0.2) is 0 Å². The molecular formula is C22H22N2O5. The van der Waals surface area contributed by atoms with E-state index < -0.39 is 23.0 Å². The topological polar surface area (TPSA) is 102 Å². The first-order valence-electron chi connectivity index (χ1n) is 9.19. The van der Waals surface area contributed by atoms with Crippen molar-refractivity contribution in [3.05, 3.63) is 88.0 Å². The molecule has 0 aliphatic carbocycles. The van der Waals surface area contributed by atoms with Gasteiger partial charge in [-0.15, -0.1) is 0 Å². The van der Waals surface area contributed by atoms with Crippen molar-refractivity contribution in [1.29, 1.82) is 0 Å². The van der Waals surface area contributed by atoms with Gasteiger partial charge in [0.05, 0.1) is 30.1 Å². The molecule has 7 heteroatoms. The van der Waals surface area contributed by atoms with Crippen LogP contribution >= 0.6 is 0 Å². The molecule has 0 heterocycles. The second-order valence-corrected chi connectivity index (χ2v) is 6.64. The van der Waals surface area contributed by atoms with Crippen molar-refractivity contribution < 1.29 is 19.6 Å². The molecule has 0 fully saturated rings. The quantitative estimate of drug-likeness (QED) is 0.346. The molecular weight excluding hydrogens is 372 g/mol.